The largest absolute Gasteiger partial charge is 0.490 e. The highest BCUT2D eigenvalue weighted by Crippen LogP contribution is 2.55. The minimum Gasteiger partial charge on any atom is -0.475 e. The maximum absolute atomic E-state index is 12.8. The molecule has 5 rings (SSSR count). The number of aromatic nitrogens is 3. The van der Waals surface area contributed by atoms with E-state index in [1.54, 1.807) is 0 Å². The summed E-state index contributed by atoms with van der Waals surface area (Å²) in [4.78, 5) is 26.2. The molecule has 0 aromatic carbocycles. The smallest absolute Gasteiger partial charge is 0.475 e. The number of alkyl halides is 3. The van der Waals surface area contributed by atoms with Crippen LogP contribution in [0.2, 0.25) is 0 Å². The van der Waals surface area contributed by atoms with Crippen LogP contribution in [0.1, 0.15) is 24.1 Å². The summed E-state index contributed by atoms with van der Waals surface area (Å²) >= 11 is 3.38. The van der Waals surface area contributed by atoms with Gasteiger partial charge in [0.1, 0.15) is 10.4 Å². The molecule has 9 nitrogen and oxygen atoms in total. The van der Waals surface area contributed by atoms with E-state index in [0.29, 0.717) is 29.7 Å². The zero-order valence-electron chi connectivity index (χ0n) is 17.7. The van der Waals surface area contributed by atoms with Crippen LogP contribution < -0.4 is 10.6 Å². The van der Waals surface area contributed by atoms with E-state index < -0.39 is 12.1 Å². The van der Waals surface area contributed by atoms with Crippen molar-refractivity contribution >= 4 is 39.7 Å². The SMILES string of the molecule is O=C(O)C(F)(F)F.O=C1Nc2nc(Br)ccc2COC/C=C/c2ccn(n2)C[C@@]23C[C@@H]1N[C@@H]2C3. The third kappa shape index (κ3) is 5.65. The van der Waals surface area contributed by atoms with Gasteiger partial charge in [-0.25, -0.2) is 9.78 Å². The number of nitrogens with zero attached hydrogens (tertiary/aromatic N) is 3. The number of nitrogens with one attached hydrogen (secondary N) is 2. The first-order valence-electron chi connectivity index (χ1n) is 10.4. The van der Waals surface area contributed by atoms with Crippen molar-refractivity contribution < 1.29 is 32.6 Å². The van der Waals surface area contributed by atoms with Crippen LogP contribution in [-0.2, 0) is 27.5 Å². The molecule has 2 aromatic heterocycles. The Kier molecular flexibility index (Phi) is 6.78. The van der Waals surface area contributed by atoms with Gasteiger partial charge in [0.25, 0.3) is 0 Å². The van der Waals surface area contributed by atoms with Crippen LogP contribution in [0, 0.1) is 5.41 Å². The molecule has 1 saturated heterocycles. The zero-order valence-corrected chi connectivity index (χ0v) is 19.3. The summed E-state index contributed by atoms with van der Waals surface area (Å²) in [6.45, 7) is 1.67. The van der Waals surface area contributed by atoms with Crippen molar-refractivity contribution in [3.05, 3.63) is 46.3 Å². The second kappa shape index (κ2) is 9.47. The van der Waals surface area contributed by atoms with E-state index in [4.69, 9.17) is 14.6 Å². The maximum atomic E-state index is 12.8. The van der Waals surface area contributed by atoms with E-state index in [1.807, 2.05) is 41.2 Å². The van der Waals surface area contributed by atoms with E-state index in [2.05, 4.69) is 36.6 Å². The lowest BCUT2D eigenvalue weighted by molar-refractivity contribution is -0.192. The Bertz CT molecular complexity index is 1120. The molecule has 3 aliphatic rings. The number of pyridine rings is 1. The fourth-order valence-electron chi connectivity index (χ4n) is 4.10. The Labute approximate surface area is 200 Å². The van der Waals surface area contributed by atoms with Gasteiger partial charge in [-0.1, -0.05) is 12.1 Å². The number of halogens is 4. The number of anilines is 1. The fourth-order valence-corrected chi connectivity index (χ4v) is 4.41. The van der Waals surface area contributed by atoms with Gasteiger partial charge in [-0.3, -0.25) is 9.48 Å². The van der Waals surface area contributed by atoms with Crippen LogP contribution in [0.15, 0.2) is 35.1 Å². The van der Waals surface area contributed by atoms with E-state index in [1.165, 1.54) is 0 Å². The summed E-state index contributed by atoms with van der Waals surface area (Å²) in [7, 11) is 0. The summed E-state index contributed by atoms with van der Waals surface area (Å²) < 4.78 is 40.1. The topological polar surface area (TPSA) is 118 Å². The van der Waals surface area contributed by atoms with Gasteiger partial charge < -0.3 is 20.5 Å². The minimum atomic E-state index is -5.08. The molecule has 4 heterocycles. The van der Waals surface area contributed by atoms with Crippen LogP contribution in [0.5, 0.6) is 0 Å². The molecule has 3 atom stereocenters. The van der Waals surface area contributed by atoms with Crippen molar-refractivity contribution in [1.29, 1.82) is 0 Å². The Morgan fingerprint density at radius 1 is 1.29 bits per heavy atom. The van der Waals surface area contributed by atoms with Gasteiger partial charge in [0.2, 0.25) is 5.91 Å². The van der Waals surface area contributed by atoms with E-state index >= 15 is 0 Å². The molecule has 2 aromatic rings. The zero-order chi connectivity index (χ0) is 24.5. The van der Waals surface area contributed by atoms with Gasteiger partial charge in [0, 0.05) is 29.8 Å². The van der Waals surface area contributed by atoms with Crippen molar-refractivity contribution in [3.63, 3.8) is 0 Å². The molecular weight excluding hydrogens is 523 g/mol. The molecule has 0 radical (unpaired) electrons. The monoisotopic (exact) mass is 543 g/mol. The first-order valence-corrected chi connectivity index (χ1v) is 11.2. The van der Waals surface area contributed by atoms with Crippen LogP contribution in [-0.4, -0.2) is 56.6 Å². The molecule has 1 amide bonds. The standard InChI is InChI=1S/C19H20BrN5O2.C2HF3O2/c20-16-4-3-12-10-27-7-1-2-13-5-6-25(24-13)11-19-8-14(21-15(19)9-19)18(26)23-17(12)22-16;3-2(4,5)1(6)7/h1-6,14-15,21H,7-11H2,(H,22,23,26);(H,6,7)/b2-1+;/t14-,15+,19-;/m0./s1. The van der Waals surface area contributed by atoms with Gasteiger partial charge in [0.05, 0.1) is 24.9 Å². The number of aliphatic carboxylic acids is 1. The maximum Gasteiger partial charge on any atom is 0.490 e. The number of amides is 1. The summed E-state index contributed by atoms with van der Waals surface area (Å²) in [5.41, 5.74) is 1.91. The molecule has 1 saturated carbocycles. The molecule has 0 unspecified atom stereocenters. The fraction of sp³-hybridized carbons (Fsp3) is 0.429. The number of ether oxygens (including phenoxy) is 1. The first-order chi connectivity index (χ1) is 16.1. The summed E-state index contributed by atoms with van der Waals surface area (Å²) in [5, 5.41) is 18.2. The third-order valence-corrected chi connectivity index (χ3v) is 6.29. The van der Waals surface area contributed by atoms with Gasteiger partial charge in [0.15, 0.2) is 0 Å². The van der Waals surface area contributed by atoms with Gasteiger partial charge in [-0.05, 0) is 47.0 Å². The highest BCUT2D eigenvalue weighted by Gasteiger charge is 2.61. The van der Waals surface area contributed by atoms with E-state index in [9.17, 15) is 18.0 Å². The second-order valence-corrected chi connectivity index (χ2v) is 9.14. The molecule has 182 valence electrons. The summed E-state index contributed by atoms with van der Waals surface area (Å²) in [5.74, 6) is -2.24. The number of carboxylic acid groups (broad SMARTS) is 1. The van der Waals surface area contributed by atoms with Gasteiger partial charge >= 0.3 is 12.1 Å². The second-order valence-electron chi connectivity index (χ2n) is 8.33. The number of hydrogen-bond acceptors (Lipinski definition) is 6. The Hall–Kier alpha value is -2.77. The van der Waals surface area contributed by atoms with Crippen LogP contribution in [0.3, 0.4) is 0 Å². The highest BCUT2D eigenvalue weighted by molar-refractivity contribution is 9.10. The van der Waals surface area contributed by atoms with Crippen molar-refractivity contribution in [1.82, 2.24) is 20.1 Å². The van der Waals surface area contributed by atoms with E-state index in [-0.39, 0.29) is 17.4 Å². The molecule has 34 heavy (non-hydrogen) atoms. The highest BCUT2D eigenvalue weighted by atomic mass is 79.9. The lowest BCUT2D eigenvalue weighted by atomic mass is 9.99. The molecule has 13 heteroatoms. The first kappa shape index (κ1) is 24.4. The molecule has 4 bridgehead atoms. The predicted molar refractivity (Wildman–Crippen MR) is 118 cm³/mol. The van der Waals surface area contributed by atoms with Crippen molar-refractivity contribution in [2.75, 3.05) is 11.9 Å². The Balaban J connectivity index is 0.000000344. The van der Waals surface area contributed by atoms with E-state index in [0.717, 1.165) is 30.6 Å². The summed E-state index contributed by atoms with van der Waals surface area (Å²) in [6.07, 6.45) is 2.76. The molecule has 3 N–H and O–H groups in total. The molecule has 1 spiro atoms. The van der Waals surface area contributed by atoms with Gasteiger partial charge in [-0.15, -0.1) is 0 Å². The lowest BCUT2D eigenvalue weighted by Gasteiger charge is -2.17. The van der Waals surface area contributed by atoms with Crippen molar-refractivity contribution in [3.8, 4) is 0 Å². The van der Waals surface area contributed by atoms with Crippen molar-refractivity contribution in [2.45, 2.75) is 44.3 Å². The number of rotatable bonds is 0. The number of piperidine rings is 1. The lowest BCUT2D eigenvalue weighted by Crippen LogP contribution is -2.38. The molecule has 2 fully saturated rings. The predicted octanol–water partition coefficient (Wildman–Crippen LogP) is 2.98. The quantitative estimate of drug-likeness (QED) is 0.437. The van der Waals surface area contributed by atoms with Crippen molar-refractivity contribution in [2.24, 2.45) is 5.41 Å². The number of carbonyl (C=O) groups is 2. The minimum absolute atomic E-state index is 0.0402. The molecular formula is C21H21BrF3N5O4. The van der Waals surface area contributed by atoms with Crippen LogP contribution in [0.25, 0.3) is 6.08 Å². The molecule has 2 aliphatic heterocycles. The number of carboxylic acids is 1. The molecule has 1 aliphatic carbocycles. The van der Waals surface area contributed by atoms with Crippen LogP contribution in [0.4, 0.5) is 19.0 Å². The normalized spacial score (nSPS) is 26.9. The average Bonchev–Trinajstić information content (AvgIpc) is 3.06. The van der Waals surface area contributed by atoms with Gasteiger partial charge in [-0.2, -0.15) is 18.3 Å². The Morgan fingerprint density at radius 2 is 2.06 bits per heavy atom. The summed E-state index contributed by atoms with van der Waals surface area (Å²) in [6, 6.07) is 5.95. The Morgan fingerprint density at radius 3 is 2.79 bits per heavy atom. The number of carbonyl (C=O) groups excluding carboxylic acids is 1. The number of hydrogen-bond donors (Lipinski definition) is 3. The number of fused-ring (bicyclic) bond motifs is 4. The third-order valence-electron chi connectivity index (χ3n) is 5.85. The van der Waals surface area contributed by atoms with Crippen LogP contribution >= 0.6 is 15.9 Å². The average molecular weight is 544 g/mol.